The molecule has 0 saturated carbocycles. The normalized spacial score (nSPS) is 25.8. The van der Waals surface area contributed by atoms with Gasteiger partial charge in [-0.15, -0.1) is 0 Å². The van der Waals surface area contributed by atoms with Crippen molar-refractivity contribution < 1.29 is 46.1 Å². The number of carbonyl (C=O) groups is 2. The minimum atomic E-state index is -5.08. The molecule has 3 heterocycles. The number of hydrogen-bond donors (Lipinski definition) is 2. The Morgan fingerprint density at radius 1 is 0.972 bits per heavy atom. The van der Waals surface area contributed by atoms with E-state index < -0.39 is 24.3 Å². The van der Waals surface area contributed by atoms with Crippen LogP contribution < -0.4 is 0 Å². The van der Waals surface area contributed by atoms with Gasteiger partial charge in [-0.2, -0.15) is 26.3 Å². The Kier molecular flexibility index (Phi) is 10.2. The van der Waals surface area contributed by atoms with Gasteiger partial charge in [0, 0.05) is 30.6 Å². The Morgan fingerprint density at radius 3 is 2.03 bits per heavy atom. The molecule has 6 nitrogen and oxygen atoms in total. The molecule has 0 amide bonds. The van der Waals surface area contributed by atoms with Gasteiger partial charge in [-0.25, -0.2) is 9.59 Å². The van der Waals surface area contributed by atoms with E-state index in [1.807, 2.05) is 0 Å². The highest BCUT2D eigenvalue weighted by molar-refractivity contribution is 5.73. The monoisotopic (exact) mass is 526 g/mol. The van der Waals surface area contributed by atoms with Crippen LogP contribution in [0.25, 0.3) is 0 Å². The summed E-state index contributed by atoms with van der Waals surface area (Å²) in [5.74, 6) is -5.51. The van der Waals surface area contributed by atoms with E-state index in [0.717, 1.165) is 12.1 Å². The van der Waals surface area contributed by atoms with Crippen LogP contribution in [-0.2, 0) is 16.0 Å². The van der Waals surface area contributed by atoms with Gasteiger partial charge in [-0.3, -0.25) is 4.90 Å². The highest BCUT2D eigenvalue weighted by atomic mass is 19.4. The lowest BCUT2D eigenvalue weighted by molar-refractivity contribution is -0.193. The third kappa shape index (κ3) is 8.09. The minimum absolute atomic E-state index is 0.648. The molecule has 3 unspecified atom stereocenters. The quantitative estimate of drug-likeness (QED) is 0.535. The van der Waals surface area contributed by atoms with E-state index in [1.54, 1.807) is 0 Å². The zero-order valence-corrected chi connectivity index (χ0v) is 20.0. The van der Waals surface area contributed by atoms with E-state index in [-0.39, 0.29) is 0 Å². The molecule has 3 aliphatic heterocycles. The molecule has 3 fully saturated rings. The molecule has 204 valence electrons. The number of rotatable bonds is 5. The Morgan fingerprint density at radius 2 is 1.53 bits per heavy atom. The van der Waals surface area contributed by atoms with Crippen molar-refractivity contribution in [3.05, 3.63) is 35.9 Å². The van der Waals surface area contributed by atoms with Gasteiger partial charge < -0.3 is 15.1 Å². The molecule has 3 saturated heterocycles. The number of carboxylic acids is 2. The molecule has 1 spiro atoms. The molecule has 36 heavy (non-hydrogen) atoms. The predicted molar refractivity (Wildman–Crippen MR) is 119 cm³/mol. The average Bonchev–Trinajstić information content (AvgIpc) is 3.45. The van der Waals surface area contributed by atoms with Crippen LogP contribution in [0.5, 0.6) is 0 Å². The van der Waals surface area contributed by atoms with Gasteiger partial charge in [0.25, 0.3) is 0 Å². The largest absolute Gasteiger partial charge is 0.490 e. The minimum Gasteiger partial charge on any atom is -0.475 e. The summed E-state index contributed by atoms with van der Waals surface area (Å²) in [4.78, 5) is 23.4. The van der Waals surface area contributed by atoms with Crippen LogP contribution in [0.3, 0.4) is 0 Å². The molecule has 0 radical (unpaired) electrons. The second kappa shape index (κ2) is 12.3. The summed E-state index contributed by atoms with van der Waals surface area (Å²) in [5.41, 5.74) is 2.14. The third-order valence-corrected chi connectivity index (χ3v) is 6.98. The van der Waals surface area contributed by atoms with E-state index >= 15 is 0 Å². The summed E-state index contributed by atoms with van der Waals surface area (Å²) in [5, 5.41) is 14.2. The van der Waals surface area contributed by atoms with Gasteiger partial charge in [0.2, 0.25) is 0 Å². The number of likely N-dealkylation sites (tertiary alicyclic amines) is 1. The van der Waals surface area contributed by atoms with Crippen molar-refractivity contribution in [2.75, 3.05) is 26.2 Å². The Labute approximate surface area is 205 Å². The van der Waals surface area contributed by atoms with Gasteiger partial charge in [0.1, 0.15) is 0 Å². The SMILES string of the molecule is CCCN1C2CCC1C1(CCN(CCc3ccccc3)C1)C2.O=C(O)C(F)(F)F.O=C(O)C(F)(F)F. The summed E-state index contributed by atoms with van der Waals surface area (Å²) in [6.45, 7) is 7.61. The summed E-state index contributed by atoms with van der Waals surface area (Å²) < 4.78 is 63.5. The summed E-state index contributed by atoms with van der Waals surface area (Å²) in [7, 11) is 0. The highest BCUT2D eigenvalue weighted by Crippen LogP contribution is 2.54. The average molecular weight is 527 g/mol. The Balaban J connectivity index is 0.000000271. The molecule has 1 aromatic carbocycles. The fourth-order valence-corrected chi connectivity index (χ4v) is 5.56. The van der Waals surface area contributed by atoms with E-state index in [9.17, 15) is 26.3 Å². The fraction of sp³-hybridized carbons (Fsp3) is 0.667. The predicted octanol–water partition coefficient (Wildman–Crippen LogP) is 4.83. The number of carboxylic acid groups (broad SMARTS) is 2. The number of nitrogens with zero attached hydrogens (tertiary/aromatic N) is 2. The zero-order valence-electron chi connectivity index (χ0n) is 20.0. The molecule has 3 atom stereocenters. The zero-order chi connectivity index (χ0) is 27.1. The molecular formula is C24H32F6N2O4. The van der Waals surface area contributed by atoms with E-state index in [2.05, 4.69) is 47.1 Å². The molecule has 4 rings (SSSR count). The second-order valence-corrected chi connectivity index (χ2v) is 9.42. The first kappa shape index (κ1) is 29.9. The first-order valence-corrected chi connectivity index (χ1v) is 11.8. The van der Waals surface area contributed by atoms with E-state index in [0.29, 0.717) is 5.41 Å². The lowest BCUT2D eigenvalue weighted by atomic mass is 9.73. The summed E-state index contributed by atoms with van der Waals surface area (Å²) in [6, 6.07) is 12.8. The number of fused-ring (bicyclic) bond motifs is 3. The van der Waals surface area contributed by atoms with Gasteiger partial charge in [0.15, 0.2) is 0 Å². The lowest BCUT2D eigenvalue weighted by Gasteiger charge is -2.34. The first-order valence-electron chi connectivity index (χ1n) is 11.8. The number of halogens is 6. The first-order chi connectivity index (χ1) is 16.7. The lowest BCUT2D eigenvalue weighted by Crippen LogP contribution is -2.40. The van der Waals surface area contributed by atoms with Crippen molar-refractivity contribution in [2.24, 2.45) is 5.41 Å². The van der Waals surface area contributed by atoms with Gasteiger partial charge in [0.05, 0.1) is 0 Å². The molecule has 0 aromatic heterocycles. The van der Waals surface area contributed by atoms with Crippen LogP contribution >= 0.6 is 0 Å². The van der Waals surface area contributed by atoms with Crippen LogP contribution in [0, 0.1) is 5.41 Å². The van der Waals surface area contributed by atoms with Crippen molar-refractivity contribution in [3.63, 3.8) is 0 Å². The van der Waals surface area contributed by atoms with Crippen LogP contribution in [0.2, 0.25) is 0 Å². The van der Waals surface area contributed by atoms with Crippen LogP contribution in [0.15, 0.2) is 30.3 Å². The maximum atomic E-state index is 10.6. The standard InChI is InChI=1S/C20H30N2.2C2HF3O2/c1-2-12-22-18-8-9-19(22)20(15-18)11-14-21(16-20)13-10-17-6-4-3-5-7-17;2*3-2(4,5)1(6)7/h3-7,18-19H,2,8-16H2,1H3;2*(H,6,7). The molecule has 3 aliphatic rings. The molecule has 2 N–H and O–H groups in total. The molecule has 12 heteroatoms. The number of hydrogen-bond acceptors (Lipinski definition) is 4. The van der Waals surface area contributed by atoms with Crippen LogP contribution in [0.4, 0.5) is 26.3 Å². The molecule has 2 bridgehead atoms. The Bertz CT molecular complexity index is 840. The molecular weight excluding hydrogens is 494 g/mol. The van der Waals surface area contributed by atoms with Gasteiger partial charge >= 0.3 is 24.3 Å². The molecule has 1 aromatic rings. The van der Waals surface area contributed by atoms with Crippen LogP contribution in [-0.4, -0.2) is 82.6 Å². The van der Waals surface area contributed by atoms with Crippen molar-refractivity contribution in [3.8, 4) is 0 Å². The smallest absolute Gasteiger partial charge is 0.475 e. The van der Waals surface area contributed by atoms with Crippen molar-refractivity contribution in [1.29, 1.82) is 0 Å². The maximum absolute atomic E-state index is 10.6. The Hall–Kier alpha value is -2.34. The molecule has 0 aliphatic carbocycles. The number of alkyl halides is 6. The van der Waals surface area contributed by atoms with E-state index in [4.69, 9.17) is 19.8 Å². The maximum Gasteiger partial charge on any atom is 0.490 e. The van der Waals surface area contributed by atoms with E-state index in [1.165, 1.54) is 70.3 Å². The van der Waals surface area contributed by atoms with Crippen molar-refractivity contribution in [2.45, 2.75) is 69.9 Å². The van der Waals surface area contributed by atoms with Crippen LogP contribution in [0.1, 0.15) is 44.6 Å². The highest BCUT2D eigenvalue weighted by Gasteiger charge is 2.57. The third-order valence-electron chi connectivity index (χ3n) is 6.98. The fourth-order valence-electron chi connectivity index (χ4n) is 5.56. The summed E-state index contributed by atoms with van der Waals surface area (Å²) in [6.07, 6.45) is -1.76. The topological polar surface area (TPSA) is 81.1 Å². The number of benzene rings is 1. The van der Waals surface area contributed by atoms with Crippen molar-refractivity contribution >= 4 is 11.9 Å². The van der Waals surface area contributed by atoms with Gasteiger partial charge in [-0.05, 0) is 57.2 Å². The van der Waals surface area contributed by atoms with Gasteiger partial charge in [-0.1, -0.05) is 37.3 Å². The number of aliphatic carboxylic acids is 2. The second-order valence-electron chi connectivity index (χ2n) is 9.42. The van der Waals surface area contributed by atoms with Crippen molar-refractivity contribution in [1.82, 2.24) is 9.80 Å². The summed E-state index contributed by atoms with van der Waals surface area (Å²) >= 11 is 0.